The summed E-state index contributed by atoms with van der Waals surface area (Å²) in [4.78, 5) is 19.6. The van der Waals surface area contributed by atoms with Crippen LogP contribution in [0.15, 0.2) is 24.3 Å². The van der Waals surface area contributed by atoms with Crippen molar-refractivity contribution in [2.45, 2.75) is 57.7 Å². The Morgan fingerprint density at radius 3 is 2.71 bits per heavy atom. The van der Waals surface area contributed by atoms with E-state index in [1.165, 1.54) is 22.7 Å². The molecule has 24 heavy (non-hydrogen) atoms. The van der Waals surface area contributed by atoms with Gasteiger partial charge in [-0.1, -0.05) is 38.1 Å². The van der Waals surface area contributed by atoms with Crippen LogP contribution in [0.1, 0.15) is 49.6 Å². The molecule has 1 aromatic carbocycles. The van der Waals surface area contributed by atoms with Crippen LogP contribution in [0.5, 0.6) is 0 Å². The van der Waals surface area contributed by atoms with Crippen LogP contribution in [-0.4, -0.2) is 27.3 Å². The average Bonchev–Trinajstić information content (AvgIpc) is 3.25. The van der Waals surface area contributed by atoms with E-state index in [4.69, 9.17) is 0 Å². The van der Waals surface area contributed by atoms with E-state index in [1.54, 1.807) is 0 Å². The quantitative estimate of drug-likeness (QED) is 0.928. The van der Waals surface area contributed by atoms with E-state index in [0.29, 0.717) is 18.5 Å². The fourth-order valence-electron chi connectivity index (χ4n) is 3.06. The van der Waals surface area contributed by atoms with Gasteiger partial charge in [0, 0.05) is 36.5 Å². The van der Waals surface area contributed by atoms with Gasteiger partial charge in [0.05, 0.1) is 0 Å². The highest BCUT2D eigenvalue weighted by Gasteiger charge is 2.36. The maximum absolute atomic E-state index is 12.8. The maximum atomic E-state index is 12.8. The smallest absolute Gasteiger partial charge is 0.243 e. The van der Waals surface area contributed by atoms with Gasteiger partial charge in [0.15, 0.2) is 0 Å². The number of amides is 1. The average molecular weight is 342 g/mol. The van der Waals surface area contributed by atoms with Gasteiger partial charge in [0.1, 0.15) is 11.9 Å². The van der Waals surface area contributed by atoms with Crippen molar-refractivity contribution in [2.75, 3.05) is 4.90 Å². The highest BCUT2D eigenvalue weighted by Crippen LogP contribution is 2.31. The monoisotopic (exact) mass is 342 g/mol. The Hall–Kier alpha value is -1.95. The molecule has 2 aliphatic rings. The van der Waals surface area contributed by atoms with Crippen LogP contribution in [0.2, 0.25) is 0 Å². The van der Waals surface area contributed by atoms with Gasteiger partial charge in [-0.15, -0.1) is 0 Å². The summed E-state index contributed by atoms with van der Waals surface area (Å²) in [5, 5.41) is 4.01. The molecule has 1 aliphatic heterocycles. The van der Waals surface area contributed by atoms with Crippen LogP contribution in [0.4, 0.5) is 5.13 Å². The van der Waals surface area contributed by atoms with Crippen LogP contribution in [0.3, 0.4) is 0 Å². The zero-order valence-electron chi connectivity index (χ0n) is 14.0. The van der Waals surface area contributed by atoms with E-state index in [-0.39, 0.29) is 11.9 Å². The Bertz CT molecular complexity index is 753. The standard InChI is InChI=1S/C18H22N4OS/c1-11(2)16-20-18(24-21-16)22-10-13-6-4-3-5-12(13)9-15(22)17(23)19-14-7-8-14/h3-6,11,14-15H,7-10H2,1-2H3,(H,19,23)/t15-/m0/s1. The number of hydrogen-bond acceptors (Lipinski definition) is 5. The predicted molar refractivity (Wildman–Crippen MR) is 95.3 cm³/mol. The number of nitrogens with zero attached hydrogens (tertiary/aromatic N) is 3. The molecule has 1 amide bonds. The lowest BCUT2D eigenvalue weighted by atomic mass is 9.94. The van der Waals surface area contributed by atoms with Crippen LogP contribution >= 0.6 is 11.5 Å². The molecule has 1 aliphatic carbocycles. The number of carbonyl (C=O) groups excluding carboxylic acids is 1. The molecule has 2 aromatic rings. The van der Waals surface area contributed by atoms with Crippen molar-refractivity contribution >= 4 is 22.6 Å². The molecule has 0 radical (unpaired) electrons. The second-order valence-electron chi connectivity index (χ2n) is 6.99. The number of rotatable bonds is 4. The number of anilines is 1. The van der Waals surface area contributed by atoms with Crippen molar-refractivity contribution in [1.29, 1.82) is 0 Å². The highest BCUT2D eigenvalue weighted by atomic mass is 32.1. The predicted octanol–water partition coefficient (Wildman–Crippen LogP) is 2.87. The first-order valence-electron chi connectivity index (χ1n) is 8.59. The summed E-state index contributed by atoms with van der Waals surface area (Å²) in [7, 11) is 0. The summed E-state index contributed by atoms with van der Waals surface area (Å²) in [6.07, 6.45) is 2.93. The first-order valence-corrected chi connectivity index (χ1v) is 9.36. The fraction of sp³-hybridized carbons (Fsp3) is 0.500. The Labute approximate surface area is 146 Å². The number of carbonyl (C=O) groups is 1. The van der Waals surface area contributed by atoms with Crippen molar-refractivity contribution in [3.8, 4) is 0 Å². The first kappa shape index (κ1) is 15.6. The minimum Gasteiger partial charge on any atom is -0.352 e. The van der Waals surface area contributed by atoms with Crippen LogP contribution in [-0.2, 0) is 17.8 Å². The maximum Gasteiger partial charge on any atom is 0.243 e. The molecule has 0 saturated heterocycles. The number of benzene rings is 1. The summed E-state index contributed by atoms with van der Waals surface area (Å²) in [5.74, 6) is 1.27. The van der Waals surface area contributed by atoms with E-state index in [0.717, 1.165) is 30.2 Å². The van der Waals surface area contributed by atoms with Gasteiger partial charge in [-0.05, 0) is 24.0 Å². The van der Waals surface area contributed by atoms with Gasteiger partial charge in [-0.2, -0.15) is 4.37 Å². The molecule has 0 unspecified atom stereocenters. The van der Waals surface area contributed by atoms with Crippen LogP contribution in [0.25, 0.3) is 0 Å². The molecule has 0 spiro atoms. The summed E-state index contributed by atoms with van der Waals surface area (Å²) in [6.45, 7) is 4.90. The number of hydrogen-bond donors (Lipinski definition) is 1. The normalized spacial score (nSPS) is 20.1. The summed E-state index contributed by atoms with van der Waals surface area (Å²) < 4.78 is 4.47. The second kappa shape index (κ2) is 6.16. The zero-order valence-corrected chi connectivity index (χ0v) is 14.8. The van der Waals surface area contributed by atoms with E-state index < -0.39 is 0 Å². The molecule has 5 nitrogen and oxygen atoms in total. The molecule has 6 heteroatoms. The topological polar surface area (TPSA) is 58.1 Å². The Balaban J connectivity index is 1.65. The molecule has 2 heterocycles. The third-order valence-electron chi connectivity index (χ3n) is 4.67. The largest absolute Gasteiger partial charge is 0.352 e. The minimum absolute atomic E-state index is 0.119. The lowest BCUT2D eigenvalue weighted by molar-refractivity contribution is -0.122. The third kappa shape index (κ3) is 3.02. The van der Waals surface area contributed by atoms with Gasteiger partial charge in [-0.25, -0.2) is 4.98 Å². The molecule has 1 saturated carbocycles. The van der Waals surface area contributed by atoms with Crippen molar-refractivity contribution in [3.05, 3.63) is 41.2 Å². The summed E-state index contributed by atoms with van der Waals surface area (Å²) in [6, 6.07) is 8.55. The van der Waals surface area contributed by atoms with E-state index in [9.17, 15) is 4.79 Å². The summed E-state index contributed by atoms with van der Waals surface area (Å²) in [5.41, 5.74) is 2.53. The Kier molecular flexibility index (Phi) is 4.00. The van der Waals surface area contributed by atoms with E-state index >= 15 is 0 Å². The summed E-state index contributed by atoms with van der Waals surface area (Å²) >= 11 is 1.40. The van der Waals surface area contributed by atoms with Crippen LogP contribution < -0.4 is 10.2 Å². The second-order valence-corrected chi connectivity index (χ2v) is 7.72. The molecule has 1 fully saturated rings. The number of nitrogens with one attached hydrogen (secondary N) is 1. The third-order valence-corrected chi connectivity index (χ3v) is 5.44. The SMILES string of the molecule is CC(C)c1nsc(N2Cc3ccccc3C[C@H]2C(=O)NC2CC2)n1. The van der Waals surface area contributed by atoms with E-state index in [2.05, 4.69) is 51.6 Å². The van der Waals surface area contributed by atoms with E-state index in [1.807, 2.05) is 6.07 Å². The lowest BCUT2D eigenvalue weighted by Gasteiger charge is -2.35. The van der Waals surface area contributed by atoms with Gasteiger partial charge < -0.3 is 10.2 Å². The number of aromatic nitrogens is 2. The van der Waals surface area contributed by atoms with Gasteiger partial charge in [0.2, 0.25) is 11.0 Å². The van der Waals surface area contributed by atoms with Gasteiger partial charge >= 0.3 is 0 Å². The van der Waals surface area contributed by atoms with Gasteiger partial charge in [0.25, 0.3) is 0 Å². The van der Waals surface area contributed by atoms with Crippen molar-refractivity contribution in [3.63, 3.8) is 0 Å². The molecule has 1 aromatic heterocycles. The molecule has 126 valence electrons. The Morgan fingerprint density at radius 1 is 1.29 bits per heavy atom. The fourth-order valence-corrected chi connectivity index (χ4v) is 3.92. The molecule has 1 N–H and O–H groups in total. The zero-order chi connectivity index (χ0) is 16.7. The minimum atomic E-state index is -0.200. The molecule has 0 bridgehead atoms. The first-order chi connectivity index (χ1) is 11.6. The highest BCUT2D eigenvalue weighted by molar-refractivity contribution is 7.09. The van der Waals surface area contributed by atoms with Crippen molar-refractivity contribution in [2.24, 2.45) is 0 Å². The molecular weight excluding hydrogens is 320 g/mol. The molecule has 4 rings (SSSR count). The molecule has 1 atom stereocenters. The molecular formula is C18H22N4OS. The van der Waals surface area contributed by atoms with Crippen molar-refractivity contribution in [1.82, 2.24) is 14.7 Å². The van der Waals surface area contributed by atoms with Gasteiger partial charge in [-0.3, -0.25) is 4.79 Å². The number of fused-ring (bicyclic) bond motifs is 1. The van der Waals surface area contributed by atoms with Crippen molar-refractivity contribution < 1.29 is 4.79 Å². The lowest BCUT2D eigenvalue weighted by Crippen LogP contribution is -2.51. The Morgan fingerprint density at radius 2 is 2.04 bits per heavy atom. The van der Waals surface area contributed by atoms with Crippen LogP contribution in [0, 0.1) is 0 Å².